The summed E-state index contributed by atoms with van der Waals surface area (Å²) in [4.78, 5) is 22.6. The molecule has 2 aliphatic rings. The number of carbonyl (C=O) groups excluding carboxylic acids is 1. The molecule has 0 aromatic heterocycles. The van der Waals surface area contributed by atoms with Gasteiger partial charge in [-0.3, -0.25) is 10.2 Å². The molecule has 6 rings (SSSR count). The fourth-order valence-electron chi connectivity index (χ4n) is 5.62. The Balaban J connectivity index is 1.38. The molecular weight excluding hydrogens is 680 g/mol. The number of amides is 1. The minimum Gasteiger partial charge on any atom is -0.494 e. The average molecular weight is 714 g/mol. The SMILES string of the molecule is [N-]=[N+]=NCc1ccccc1C[C@]1(C(=O)NNCc2ccc3c(c2)OCO3)N=C(c2ccc(OCCCO)cc2)O[C@H]1c1ccccc1Br. The van der Waals surface area contributed by atoms with Gasteiger partial charge in [0.15, 0.2) is 23.1 Å². The molecule has 12 nitrogen and oxygen atoms in total. The maximum Gasteiger partial charge on any atom is 0.266 e. The monoisotopic (exact) mass is 712 g/mol. The Kier molecular flexibility index (Phi) is 10.4. The molecule has 2 heterocycles. The van der Waals surface area contributed by atoms with Gasteiger partial charge < -0.3 is 24.1 Å². The van der Waals surface area contributed by atoms with E-state index in [1.165, 1.54) is 0 Å². The number of hydrazine groups is 1. The van der Waals surface area contributed by atoms with Gasteiger partial charge in [0, 0.05) is 46.5 Å². The van der Waals surface area contributed by atoms with E-state index >= 15 is 0 Å². The first-order valence-electron chi connectivity index (χ1n) is 15.4. The fourth-order valence-corrected chi connectivity index (χ4v) is 6.11. The van der Waals surface area contributed by atoms with E-state index in [4.69, 9.17) is 34.6 Å². The largest absolute Gasteiger partial charge is 0.494 e. The number of aliphatic hydroxyl groups excluding tert-OH is 1. The van der Waals surface area contributed by atoms with Gasteiger partial charge in [-0.2, -0.15) is 0 Å². The van der Waals surface area contributed by atoms with E-state index in [1.54, 1.807) is 12.1 Å². The van der Waals surface area contributed by atoms with Crippen LogP contribution >= 0.6 is 15.9 Å². The third kappa shape index (κ3) is 7.24. The zero-order valence-corrected chi connectivity index (χ0v) is 27.4. The molecule has 1 amide bonds. The Morgan fingerprint density at radius 1 is 1.04 bits per heavy atom. The second-order valence-electron chi connectivity index (χ2n) is 11.1. The number of benzene rings is 4. The molecule has 2 atom stereocenters. The van der Waals surface area contributed by atoms with Crippen molar-refractivity contribution in [3.8, 4) is 17.2 Å². The van der Waals surface area contributed by atoms with Gasteiger partial charge in [0.1, 0.15) is 5.75 Å². The maximum absolute atomic E-state index is 14.6. The van der Waals surface area contributed by atoms with Crippen molar-refractivity contribution in [2.24, 2.45) is 10.1 Å². The van der Waals surface area contributed by atoms with Crippen molar-refractivity contribution in [3.63, 3.8) is 0 Å². The van der Waals surface area contributed by atoms with Crippen molar-refractivity contribution in [1.29, 1.82) is 0 Å². The number of hydrogen-bond acceptors (Lipinski definition) is 9. The maximum atomic E-state index is 14.6. The molecule has 2 aliphatic heterocycles. The highest BCUT2D eigenvalue weighted by molar-refractivity contribution is 9.10. The molecule has 4 aromatic rings. The Bertz CT molecular complexity index is 1850. The molecule has 0 fully saturated rings. The van der Waals surface area contributed by atoms with E-state index in [0.717, 1.165) is 26.7 Å². The molecule has 48 heavy (non-hydrogen) atoms. The first-order valence-corrected chi connectivity index (χ1v) is 16.1. The molecule has 13 heteroatoms. The quantitative estimate of drug-likeness (QED) is 0.0470. The Morgan fingerprint density at radius 2 is 1.81 bits per heavy atom. The summed E-state index contributed by atoms with van der Waals surface area (Å²) in [5.74, 6) is 1.83. The topological polar surface area (TPSA) is 159 Å². The highest BCUT2D eigenvalue weighted by atomic mass is 79.9. The lowest BCUT2D eigenvalue weighted by atomic mass is 9.81. The van der Waals surface area contributed by atoms with Gasteiger partial charge >= 0.3 is 0 Å². The lowest BCUT2D eigenvalue weighted by Gasteiger charge is -2.32. The summed E-state index contributed by atoms with van der Waals surface area (Å²) in [6.45, 7) is 1.02. The van der Waals surface area contributed by atoms with E-state index in [9.17, 15) is 4.79 Å². The number of rotatable bonds is 14. The van der Waals surface area contributed by atoms with E-state index in [-0.39, 0.29) is 32.3 Å². The summed E-state index contributed by atoms with van der Waals surface area (Å²) in [5, 5.41) is 12.9. The zero-order chi connectivity index (χ0) is 33.3. The van der Waals surface area contributed by atoms with Crippen molar-refractivity contribution in [2.45, 2.75) is 37.6 Å². The summed E-state index contributed by atoms with van der Waals surface area (Å²) < 4.78 is 24.0. The van der Waals surface area contributed by atoms with Crippen LogP contribution in [0.2, 0.25) is 0 Å². The van der Waals surface area contributed by atoms with Crippen molar-refractivity contribution >= 4 is 27.7 Å². The third-order valence-corrected chi connectivity index (χ3v) is 8.75. The zero-order valence-electron chi connectivity index (χ0n) is 25.8. The van der Waals surface area contributed by atoms with Gasteiger partial charge in [-0.15, -0.1) is 0 Å². The van der Waals surface area contributed by atoms with Crippen LogP contribution in [0.15, 0.2) is 106 Å². The standard InChI is InChI=1S/C35H33BrN6O6/c36-29-9-4-3-8-28(29)32-35(19-25-6-1-2-7-26(25)21-39-42-37,34(44)41-38-20-23-10-15-30-31(18-23)47-22-46-30)40-33(48-32)24-11-13-27(14-12-24)45-17-5-16-43/h1-4,6-15,18,32,38,43H,5,16-17,19-22H2,(H,41,44)/t32-,35-/m0/s1. The first-order chi connectivity index (χ1) is 23.5. The average Bonchev–Trinajstić information content (AvgIpc) is 3.74. The van der Waals surface area contributed by atoms with Gasteiger partial charge in [0.25, 0.3) is 5.91 Å². The van der Waals surface area contributed by atoms with Crippen LogP contribution in [0.1, 0.15) is 40.3 Å². The molecule has 246 valence electrons. The summed E-state index contributed by atoms with van der Waals surface area (Å²) >= 11 is 3.67. The van der Waals surface area contributed by atoms with E-state index in [0.29, 0.717) is 42.4 Å². The Hall–Kier alpha value is -5.07. The molecular formula is C35H33BrN6O6. The molecule has 4 aromatic carbocycles. The molecule has 0 unspecified atom stereocenters. The summed E-state index contributed by atoms with van der Waals surface area (Å²) in [5.41, 5.74) is 17.4. The lowest BCUT2D eigenvalue weighted by molar-refractivity contribution is -0.130. The van der Waals surface area contributed by atoms with Crippen LogP contribution in [0.3, 0.4) is 0 Å². The van der Waals surface area contributed by atoms with Gasteiger partial charge in [0.05, 0.1) is 13.2 Å². The number of aliphatic hydroxyl groups is 1. The van der Waals surface area contributed by atoms with Crippen molar-refractivity contribution in [3.05, 3.63) is 134 Å². The van der Waals surface area contributed by atoms with E-state index in [1.807, 2.05) is 78.9 Å². The van der Waals surface area contributed by atoms with Crippen LogP contribution < -0.4 is 25.1 Å². The summed E-state index contributed by atoms with van der Waals surface area (Å²) in [6, 6.07) is 27.9. The minimum atomic E-state index is -1.50. The Morgan fingerprint density at radius 3 is 2.60 bits per heavy atom. The molecule has 0 saturated carbocycles. The van der Waals surface area contributed by atoms with Crippen molar-refractivity contribution in [1.82, 2.24) is 10.9 Å². The van der Waals surface area contributed by atoms with Crippen LogP contribution in [0, 0.1) is 0 Å². The number of azide groups is 1. The molecule has 0 radical (unpaired) electrons. The van der Waals surface area contributed by atoms with E-state index < -0.39 is 17.6 Å². The summed E-state index contributed by atoms with van der Waals surface area (Å²) in [6.07, 6.45) is -0.185. The predicted octanol–water partition coefficient (Wildman–Crippen LogP) is 6.07. The van der Waals surface area contributed by atoms with Crippen LogP contribution in [-0.4, -0.2) is 42.5 Å². The van der Waals surface area contributed by atoms with Crippen LogP contribution in [-0.2, 0) is 29.0 Å². The molecule has 0 saturated heterocycles. The molecule has 0 aliphatic carbocycles. The number of fused-ring (bicyclic) bond motifs is 1. The van der Waals surface area contributed by atoms with Crippen LogP contribution in [0.25, 0.3) is 10.4 Å². The number of ether oxygens (including phenoxy) is 4. The molecule has 3 N–H and O–H groups in total. The summed E-state index contributed by atoms with van der Waals surface area (Å²) in [7, 11) is 0. The number of carbonyl (C=O) groups is 1. The first kappa shape index (κ1) is 32.9. The minimum absolute atomic E-state index is 0.0425. The smallest absolute Gasteiger partial charge is 0.266 e. The molecule has 0 spiro atoms. The van der Waals surface area contributed by atoms with E-state index in [2.05, 4.69) is 36.8 Å². The third-order valence-electron chi connectivity index (χ3n) is 8.03. The number of nitrogens with one attached hydrogen (secondary N) is 2. The fraction of sp³-hybridized carbons (Fsp3) is 0.257. The van der Waals surface area contributed by atoms with Crippen LogP contribution in [0.5, 0.6) is 17.2 Å². The highest BCUT2D eigenvalue weighted by Gasteiger charge is 2.54. The second kappa shape index (κ2) is 15.2. The Labute approximate surface area is 285 Å². The van der Waals surface area contributed by atoms with Gasteiger partial charge in [-0.25, -0.2) is 10.4 Å². The van der Waals surface area contributed by atoms with Crippen molar-refractivity contribution < 1.29 is 28.8 Å². The van der Waals surface area contributed by atoms with Crippen molar-refractivity contribution in [2.75, 3.05) is 20.0 Å². The van der Waals surface area contributed by atoms with Gasteiger partial charge in [-0.05, 0) is 64.7 Å². The van der Waals surface area contributed by atoms with Gasteiger partial charge in [0.2, 0.25) is 12.7 Å². The second-order valence-corrected chi connectivity index (χ2v) is 12.0. The number of halogens is 1. The van der Waals surface area contributed by atoms with Crippen LogP contribution in [0.4, 0.5) is 0 Å². The number of aliphatic imine (C=N–C) groups is 1. The predicted molar refractivity (Wildman–Crippen MR) is 181 cm³/mol. The molecule has 0 bridgehead atoms. The highest BCUT2D eigenvalue weighted by Crippen LogP contribution is 2.45. The normalized spacial score (nSPS) is 17.6. The number of nitrogens with zero attached hydrogens (tertiary/aromatic N) is 4. The number of hydrogen-bond donors (Lipinski definition) is 3. The lowest BCUT2D eigenvalue weighted by Crippen LogP contribution is -2.53. The van der Waals surface area contributed by atoms with Gasteiger partial charge in [-0.1, -0.05) is 69.6 Å².